The van der Waals surface area contributed by atoms with Gasteiger partial charge in [-0.05, 0) is 25.1 Å². The van der Waals surface area contributed by atoms with Crippen molar-refractivity contribution in [1.82, 2.24) is 14.7 Å². The molecule has 2 aromatic rings. The van der Waals surface area contributed by atoms with E-state index in [1.807, 2.05) is 0 Å². The molecule has 2 rings (SSSR count). The highest BCUT2D eigenvalue weighted by Gasteiger charge is 2.13. The van der Waals surface area contributed by atoms with Crippen LogP contribution < -0.4 is 5.32 Å². The zero-order chi connectivity index (χ0) is 17.0. The minimum absolute atomic E-state index is 0.0880. The summed E-state index contributed by atoms with van der Waals surface area (Å²) in [6.07, 6.45) is -0.138. The lowest BCUT2D eigenvalue weighted by atomic mass is 10.3. The standard InChI is InChI=1S/C15H17FN4O3/c1-10-8-13(17-15(23)19(2)7-6-14(21)22)18-20(10)12-5-3-4-11(16)9-12/h3-5,8-9H,6-7H2,1-2H3,(H,21,22)(H,17,18,23). The van der Waals surface area contributed by atoms with E-state index >= 15 is 0 Å². The number of carboxylic acid groups (broad SMARTS) is 1. The molecular weight excluding hydrogens is 303 g/mol. The molecule has 0 spiro atoms. The second-order valence-electron chi connectivity index (χ2n) is 5.06. The van der Waals surface area contributed by atoms with Crippen molar-refractivity contribution < 1.29 is 19.1 Å². The molecule has 0 radical (unpaired) electrons. The first-order chi connectivity index (χ1) is 10.9. The van der Waals surface area contributed by atoms with Gasteiger partial charge in [0.05, 0.1) is 12.1 Å². The predicted octanol–water partition coefficient (Wildman–Crippen LogP) is 2.26. The number of carbonyl (C=O) groups excluding carboxylic acids is 1. The number of hydrogen-bond donors (Lipinski definition) is 2. The number of carbonyl (C=O) groups is 2. The van der Waals surface area contributed by atoms with Gasteiger partial charge in [-0.3, -0.25) is 10.1 Å². The SMILES string of the molecule is Cc1cc(NC(=O)N(C)CCC(=O)O)nn1-c1cccc(F)c1. The van der Waals surface area contributed by atoms with Gasteiger partial charge in [-0.25, -0.2) is 13.9 Å². The van der Waals surface area contributed by atoms with Crippen LogP contribution in [0.1, 0.15) is 12.1 Å². The molecule has 0 aliphatic carbocycles. The van der Waals surface area contributed by atoms with Crippen LogP contribution >= 0.6 is 0 Å². The zero-order valence-electron chi connectivity index (χ0n) is 12.8. The molecule has 8 heteroatoms. The first-order valence-electron chi connectivity index (χ1n) is 6.93. The largest absolute Gasteiger partial charge is 0.481 e. The normalized spacial score (nSPS) is 10.4. The lowest BCUT2D eigenvalue weighted by molar-refractivity contribution is -0.137. The Morgan fingerprint density at radius 3 is 2.78 bits per heavy atom. The molecule has 2 amide bonds. The van der Waals surface area contributed by atoms with E-state index in [0.717, 1.165) is 5.69 Å². The van der Waals surface area contributed by atoms with E-state index in [4.69, 9.17) is 5.11 Å². The fourth-order valence-corrected chi connectivity index (χ4v) is 1.97. The summed E-state index contributed by atoms with van der Waals surface area (Å²) >= 11 is 0. The number of benzene rings is 1. The Bertz CT molecular complexity index is 729. The Balaban J connectivity index is 2.09. The second kappa shape index (κ2) is 6.91. The predicted molar refractivity (Wildman–Crippen MR) is 82.2 cm³/mol. The van der Waals surface area contributed by atoms with Gasteiger partial charge < -0.3 is 10.0 Å². The van der Waals surface area contributed by atoms with Gasteiger partial charge in [0.25, 0.3) is 0 Å². The topological polar surface area (TPSA) is 87.5 Å². The molecule has 1 heterocycles. The number of aliphatic carboxylic acids is 1. The highest BCUT2D eigenvalue weighted by Crippen LogP contribution is 2.16. The molecule has 7 nitrogen and oxygen atoms in total. The van der Waals surface area contributed by atoms with Crippen LogP contribution in [0.5, 0.6) is 0 Å². The highest BCUT2D eigenvalue weighted by atomic mass is 19.1. The molecular formula is C15H17FN4O3. The Kier molecular flexibility index (Phi) is 4.95. The fraction of sp³-hybridized carbons (Fsp3) is 0.267. The molecule has 2 N–H and O–H groups in total. The van der Waals surface area contributed by atoms with Crippen LogP contribution in [-0.4, -0.2) is 45.4 Å². The Morgan fingerprint density at radius 1 is 1.39 bits per heavy atom. The molecule has 0 unspecified atom stereocenters. The maximum atomic E-state index is 13.3. The highest BCUT2D eigenvalue weighted by molar-refractivity contribution is 5.88. The van der Waals surface area contributed by atoms with Gasteiger partial charge in [0.15, 0.2) is 5.82 Å². The van der Waals surface area contributed by atoms with E-state index < -0.39 is 12.0 Å². The summed E-state index contributed by atoms with van der Waals surface area (Å²) in [6, 6.07) is 7.13. The molecule has 1 aromatic carbocycles. The van der Waals surface area contributed by atoms with Gasteiger partial charge >= 0.3 is 12.0 Å². The van der Waals surface area contributed by atoms with Crippen molar-refractivity contribution in [3.05, 3.63) is 41.8 Å². The third-order valence-electron chi connectivity index (χ3n) is 3.18. The summed E-state index contributed by atoms with van der Waals surface area (Å²) in [4.78, 5) is 23.7. The summed E-state index contributed by atoms with van der Waals surface area (Å²) in [5.41, 5.74) is 1.27. The average Bonchev–Trinajstić information content (AvgIpc) is 2.85. The number of rotatable bonds is 5. The Hall–Kier alpha value is -2.90. The minimum Gasteiger partial charge on any atom is -0.481 e. The molecule has 0 bridgehead atoms. The number of aryl methyl sites for hydroxylation is 1. The Morgan fingerprint density at radius 2 is 2.13 bits per heavy atom. The number of nitrogens with zero attached hydrogens (tertiary/aromatic N) is 3. The molecule has 0 saturated heterocycles. The van der Waals surface area contributed by atoms with E-state index in [0.29, 0.717) is 11.5 Å². The molecule has 0 atom stereocenters. The summed E-state index contributed by atoms with van der Waals surface area (Å²) in [7, 11) is 1.49. The van der Waals surface area contributed by atoms with Crippen molar-refractivity contribution in [3.8, 4) is 5.69 Å². The van der Waals surface area contributed by atoms with E-state index in [1.54, 1.807) is 25.1 Å². The van der Waals surface area contributed by atoms with E-state index in [1.165, 1.54) is 28.8 Å². The van der Waals surface area contributed by atoms with Crippen LogP contribution in [-0.2, 0) is 4.79 Å². The van der Waals surface area contributed by atoms with Gasteiger partial charge in [0.2, 0.25) is 0 Å². The van der Waals surface area contributed by atoms with E-state index in [2.05, 4.69) is 10.4 Å². The average molecular weight is 320 g/mol. The van der Waals surface area contributed by atoms with Crippen LogP contribution in [0.3, 0.4) is 0 Å². The molecule has 0 fully saturated rings. The molecule has 0 aliphatic rings. The number of anilines is 1. The second-order valence-corrected chi connectivity index (χ2v) is 5.06. The number of urea groups is 1. The van der Waals surface area contributed by atoms with Gasteiger partial charge in [-0.2, -0.15) is 0 Å². The maximum Gasteiger partial charge on any atom is 0.322 e. The van der Waals surface area contributed by atoms with Crippen LogP contribution in [0.2, 0.25) is 0 Å². The first kappa shape index (κ1) is 16.5. The third-order valence-corrected chi connectivity index (χ3v) is 3.18. The number of hydrogen-bond acceptors (Lipinski definition) is 3. The van der Waals surface area contributed by atoms with Gasteiger partial charge in [0.1, 0.15) is 5.82 Å². The maximum absolute atomic E-state index is 13.3. The van der Waals surface area contributed by atoms with Crippen molar-refractivity contribution >= 4 is 17.8 Å². The van der Waals surface area contributed by atoms with Crippen LogP contribution in [0, 0.1) is 12.7 Å². The number of amides is 2. The summed E-state index contributed by atoms with van der Waals surface area (Å²) in [5.74, 6) is -1.05. The lowest BCUT2D eigenvalue weighted by Crippen LogP contribution is -2.33. The van der Waals surface area contributed by atoms with E-state index in [9.17, 15) is 14.0 Å². The molecule has 122 valence electrons. The minimum atomic E-state index is -0.976. The van der Waals surface area contributed by atoms with Crippen LogP contribution in [0.25, 0.3) is 5.69 Å². The van der Waals surface area contributed by atoms with Gasteiger partial charge in [-0.1, -0.05) is 6.07 Å². The number of nitrogens with one attached hydrogen (secondary N) is 1. The quantitative estimate of drug-likeness (QED) is 0.884. The van der Waals surface area contributed by atoms with E-state index in [-0.39, 0.29) is 18.8 Å². The first-order valence-corrected chi connectivity index (χ1v) is 6.93. The van der Waals surface area contributed by atoms with Crippen molar-refractivity contribution in [2.45, 2.75) is 13.3 Å². The van der Waals surface area contributed by atoms with Crippen molar-refractivity contribution in [2.24, 2.45) is 0 Å². The summed E-state index contributed by atoms with van der Waals surface area (Å²) < 4.78 is 14.8. The van der Waals surface area contributed by atoms with Crippen molar-refractivity contribution in [1.29, 1.82) is 0 Å². The molecule has 23 heavy (non-hydrogen) atoms. The lowest BCUT2D eigenvalue weighted by Gasteiger charge is -2.15. The van der Waals surface area contributed by atoms with Gasteiger partial charge in [-0.15, -0.1) is 5.10 Å². The number of aromatic nitrogens is 2. The Labute approximate surface area is 132 Å². The zero-order valence-corrected chi connectivity index (χ0v) is 12.8. The monoisotopic (exact) mass is 320 g/mol. The smallest absolute Gasteiger partial charge is 0.322 e. The third kappa shape index (κ3) is 4.29. The van der Waals surface area contributed by atoms with Gasteiger partial charge in [0, 0.05) is 25.4 Å². The van der Waals surface area contributed by atoms with Crippen molar-refractivity contribution in [3.63, 3.8) is 0 Å². The molecule has 0 aliphatic heterocycles. The van der Waals surface area contributed by atoms with Crippen molar-refractivity contribution in [2.75, 3.05) is 18.9 Å². The number of carboxylic acids is 1. The van der Waals surface area contributed by atoms with Crippen LogP contribution in [0.4, 0.5) is 15.0 Å². The molecule has 0 saturated carbocycles. The molecule has 1 aromatic heterocycles. The fourth-order valence-electron chi connectivity index (χ4n) is 1.97. The van der Waals surface area contributed by atoms with Crippen LogP contribution in [0.15, 0.2) is 30.3 Å². The number of halogens is 1. The summed E-state index contributed by atoms with van der Waals surface area (Å²) in [5, 5.41) is 15.4. The summed E-state index contributed by atoms with van der Waals surface area (Å²) in [6.45, 7) is 1.87.